The summed E-state index contributed by atoms with van der Waals surface area (Å²) < 4.78 is 32.3. The molecule has 7 heteroatoms. The first-order chi connectivity index (χ1) is 10.7. The second-order valence-electron chi connectivity index (χ2n) is 6.51. The van der Waals surface area contributed by atoms with Gasteiger partial charge in [0.25, 0.3) is 0 Å². The van der Waals surface area contributed by atoms with Crippen LogP contribution in [0.15, 0.2) is 12.1 Å². The number of carbonyl (C=O) groups excluding carboxylic acids is 1. The van der Waals surface area contributed by atoms with Crippen LogP contribution in [0.4, 0.5) is 19.3 Å². The predicted octanol–water partition coefficient (Wildman–Crippen LogP) is 2.51. The van der Waals surface area contributed by atoms with E-state index >= 15 is 0 Å². The molecule has 5 nitrogen and oxygen atoms in total. The second-order valence-corrected chi connectivity index (χ2v) is 6.51. The summed E-state index contributed by atoms with van der Waals surface area (Å²) in [6.07, 6.45) is -0.376. The van der Waals surface area contributed by atoms with Gasteiger partial charge in [-0.05, 0) is 26.8 Å². The molecule has 128 valence electrons. The molecule has 0 radical (unpaired) electrons. The predicted molar refractivity (Wildman–Crippen MR) is 82.3 cm³/mol. The van der Waals surface area contributed by atoms with Crippen LogP contribution in [-0.2, 0) is 11.3 Å². The van der Waals surface area contributed by atoms with Crippen molar-refractivity contribution in [1.82, 2.24) is 4.90 Å². The molecule has 0 aromatic heterocycles. The number of aliphatic hydroxyl groups excluding tert-OH is 1. The summed E-state index contributed by atoms with van der Waals surface area (Å²) in [6, 6.07) is 2.54. The van der Waals surface area contributed by atoms with Crippen LogP contribution >= 0.6 is 0 Å². The Hall–Kier alpha value is -1.89. The lowest BCUT2D eigenvalue weighted by Gasteiger charge is -2.36. The fourth-order valence-electron chi connectivity index (χ4n) is 2.40. The van der Waals surface area contributed by atoms with Gasteiger partial charge in [-0.15, -0.1) is 0 Å². The monoisotopic (exact) mass is 328 g/mol. The molecule has 1 aromatic carbocycles. The minimum Gasteiger partial charge on any atom is -0.444 e. The van der Waals surface area contributed by atoms with Crippen molar-refractivity contribution < 1.29 is 23.4 Å². The molecule has 1 fully saturated rings. The van der Waals surface area contributed by atoms with Crippen molar-refractivity contribution in [3.8, 4) is 0 Å². The largest absolute Gasteiger partial charge is 0.444 e. The number of nitrogens with zero attached hydrogens (tertiary/aromatic N) is 2. The van der Waals surface area contributed by atoms with E-state index in [0.717, 1.165) is 6.07 Å². The molecule has 1 N–H and O–H groups in total. The number of amides is 1. The summed E-state index contributed by atoms with van der Waals surface area (Å²) >= 11 is 0. The highest BCUT2D eigenvalue weighted by molar-refractivity contribution is 5.68. The van der Waals surface area contributed by atoms with Gasteiger partial charge in [-0.2, -0.15) is 0 Å². The Balaban J connectivity index is 2.02. The standard InChI is InChI=1S/C16H22F2N2O3/c1-16(2,3)23-15(22)20-6-4-19(5-7-20)12-8-11(10-21)14(18)13(17)9-12/h8-9,21H,4-7,10H2,1-3H3. The lowest BCUT2D eigenvalue weighted by molar-refractivity contribution is 0.0240. The average molecular weight is 328 g/mol. The zero-order valence-electron chi connectivity index (χ0n) is 13.6. The summed E-state index contributed by atoms with van der Waals surface area (Å²) in [7, 11) is 0. The molecule has 0 bridgehead atoms. The number of piperazine rings is 1. The van der Waals surface area contributed by atoms with Crippen LogP contribution in [0, 0.1) is 11.6 Å². The Labute approximate surface area is 134 Å². The maximum Gasteiger partial charge on any atom is 0.410 e. The van der Waals surface area contributed by atoms with Gasteiger partial charge >= 0.3 is 6.09 Å². The van der Waals surface area contributed by atoms with Gasteiger partial charge in [-0.1, -0.05) is 0 Å². The van der Waals surface area contributed by atoms with E-state index in [-0.39, 0.29) is 11.7 Å². The second kappa shape index (κ2) is 6.70. The topological polar surface area (TPSA) is 53.0 Å². The van der Waals surface area contributed by atoms with Crippen LogP contribution in [0.5, 0.6) is 0 Å². The van der Waals surface area contributed by atoms with Crippen LogP contribution in [0.3, 0.4) is 0 Å². The van der Waals surface area contributed by atoms with E-state index in [0.29, 0.717) is 31.9 Å². The summed E-state index contributed by atoms with van der Waals surface area (Å²) in [5, 5.41) is 9.09. The molecular formula is C16H22F2N2O3. The zero-order chi connectivity index (χ0) is 17.2. The van der Waals surface area contributed by atoms with Crippen LogP contribution < -0.4 is 4.90 Å². The molecule has 0 saturated carbocycles. The number of benzene rings is 1. The third-order valence-electron chi connectivity index (χ3n) is 3.56. The number of hydrogen-bond donors (Lipinski definition) is 1. The molecule has 0 unspecified atom stereocenters. The van der Waals surface area contributed by atoms with Gasteiger partial charge in [-0.3, -0.25) is 0 Å². The molecule has 1 aliphatic heterocycles. The van der Waals surface area contributed by atoms with Crippen molar-refractivity contribution in [1.29, 1.82) is 0 Å². The Morgan fingerprint density at radius 1 is 1.22 bits per heavy atom. The first-order valence-corrected chi connectivity index (χ1v) is 7.53. The molecule has 1 aliphatic rings. The third-order valence-corrected chi connectivity index (χ3v) is 3.56. The Bertz CT molecular complexity index is 579. The quantitative estimate of drug-likeness (QED) is 0.906. The highest BCUT2D eigenvalue weighted by Crippen LogP contribution is 2.23. The minimum absolute atomic E-state index is 0.0745. The van der Waals surface area contributed by atoms with Gasteiger partial charge in [0, 0.05) is 43.5 Å². The smallest absolute Gasteiger partial charge is 0.410 e. The number of carbonyl (C=O) groups is 1. The van der Waals surface area contributed by atoms with Gasteiger partial charge in [0.2, 0.25) is 0 Å². The van der Waals surface area contributed by atoms with E-state index < -0.39 is 23.8 Å². The van der Waals surface area contributed by atoms with Crippen molar-refractivity contribution in [3.05, 3.63) is 29.3 Å². The molecule has 23 heavy (non-hydrogen) atoms. The van der Waals surface area contributed by atoms with Gasteiger partial charge in [-0.25, -0.2) is 13.6 Å². The normalized spacial score (nSPS) is 15.7. The van der Waals surface area contributed by atoms with Crippen molar-refractivity contribution in [2.24, 2.45) is 0 Å². The number of rotatable bonds is 2. The Morgan fingerprint density at radius 3 is 2.35 bits per heavy atom. The minimum atomic E-state index is -1.02. The van der Waals surface area contributed by atoms with E-state index in [1.807, 2.05) is 4.90 Å². The van der Waals surface area contributed by atoms with Gasteiger partial charge < -0.3 is 19.6 Å². The van der Waals surface area contributed by atoms with Crippen LogP contribution in [0.25, 0.3) is 0 Å². The SMILES string of the molecule is CC(C)(C)OC(=O)N1CCN(c2cc(F)c(F)c(CO)c2)CC1. The lowest BCUT2D eigenvalue weighted by Crippen LogP contribution is -2.50. The van der Waals surface area contributed by atoms with Crippen LogP contribution in [0.2, 0.25) is 0 Å². The summed E-state index contributed by atoms with van der Waals surface area (Å²) in [5.74, 6) is -2.01. The van der Waals surface area contributed by atoms with Crippen molar-refractivity contribution >= 4 is 11.8 Å². The molecule has 1 saturated heterocycles. The lowest BCUT2D eigenvalue weighted by atomic mass is 10.1. The van der Waals surface area contributed by atoms with Crippen LogP contribution in [0.1, 0.15) is 26.3 Å². The fraction of sp³-hybridized carbons (Fsp3) is 0.562. The van der Waals surface area contributed by atoms with Gasteiger partial charge in [0.05, 0.1) is 6.61 Å². The van der Waals surface area contributed by atoms with Gasteiger partial charge in [0.1, 0.15) is 5.60 Å². The maximum absolute atomic E-state index is 13.6. The Kier molecular flexibility index (Phi) is 5.09. The van der Waals surface area contributed by atoms with Crippen molar-refractivity contribution in [2.45, 2.75) is 33.0 Å². The van der Waals surface area contributed by atoms with Crippen LogP contribution in [-0.4, -0.2) is 47.9 Å². The fourth-order valence-corrected chi connectivity index (χ4v) is 2.40. The third kappa shape index (κ3) is 4.31. The number of anilines is 1. The highest BCUT2D eigenvalue weighted by Gasteiger charge is 2.26. The van der Waals surface area contributed by atoms with E-state index in [2.05, 4.69) is 0 Å². The first kappa shape index (κ1) is 17.5. The molecule has 0 aliphatic carbocycles. The summed E-state index contributed by atoms with van der Waals surface area (Å²) in [6.45, 7) is 6.68. The van der Waals surface area contributed by atoms with Crippen molar-refractivity contribution in [3.63, 3.8) is 0 Å². The molecule has 0 atom stereocenters. The van der Waals surface area contributed by atoms with E-state index in [9.17, 15) is 13.6 Å². The first-order valence-electron chi connectivity index (χ1n) is 7.53. The zero-order valence-corrected chi connectivity index (χ0v) is 13.6. The molecule has 2 rings (SSSR count). The van der Waals surface area contributed by atoms with E-state index in [1.54, 1.807) is 25.7 Å². The number of ether oxygens (including phenoxy) is 1. The van der Waals surface area contributed by atoms with Gasteiger partial charge in [0.15, 0.2) is 11.6 Å². The molecule has 1 amide bonds. The number of halogens is 2. The Morgan fingerprint density at radius 2 is 1.83 bits per heavy atom. The average Bonchev–Trinajstić information content (AvgIpc) is 2.48. The summed E-state index contributed by atoms with van der Waals surface area (Å²) in [5.41, 5.74) is -0.129. The highest BCUT2D eigenvalue weighted by atomic mass is 19.2. The molecule has 0 spiro atoms. The number of hydrogen-bond acceptors (Lipinski definition) is 4. The number of aliphatic hydroxyl groups is 1. The molecule has 1 heterocycles. The molecule has 1 aromatic rings. The van der Waals surface area contributed by atoms with Crippen molar-refractivity contribution in [2.75, 3.05) is 31.1 Å². The van der Waals surface area contributed by atoms with E-state index in [1.165, 1.54) is 6.07 Å². The summed E-state index contributed by atoms with van der Waals surface area (Å²) in [4.78, 5) is 15.4. The maximum atomic E-state index is 13.6. The van der Waals surface area contributed by atoms with E-state index in [4.69, 9.17) is 9.84 Å². The molecular weight excluding hydrogens is 306 g/mol.